The number of fused-ring (bicyclic) bond motifs is 13. The van der Waals surface area contributed by atoms with Crippen LogP contribution in [0.5, 0.6) is 0 Å². The number of hydrogen-bond donors (Lipinski definition) is 0. The summed E-state index contributed by atoms with van der Waals surface area (Å²) < 4.78 is 7.27. The summed E-state index contributed by atoms with van der Waals surface area (Å²) in [4.78, 5) is 0. The molecule has 228 valence electrons. The molecule has 0 saturated carbocycles. The van der Waals surface area contributed by atoms with Gasteiger partial charge in [-0.25, -0.2) is 0 Å². The van der Waals surface area contributed by atoms with Gasteiger partial charge in [-0.05, 0) is 71.1 Å². The average Bonchev–Trinajstić information content (AvgIpc) is 3.83. The topological polar surface area (TPSA) is 14.3 Å². The molecule has 0 saturated heterocycles. The number of pyridine rings is 1. The Bertz CT molecular complexity index is 3030. The summed E-state index contributed by atoms with van der Waals surface area (Å²) in [5, 5.41) is 7.64. The molecule has 0 aliphatic carbocycles. The van der Waals surface area contributed by atoms with Crippen molar-refractivity contribution >= 4 is 70.9 Å². The van der Waals surface area contributed by atoms with Crippen LogP contribution >= 0.6 is 0 Å². The van der Waals surface area contributed by atoms with Gasteiger partial charge in [0, 0.05) is 38.3 Å². The molecule has 0 N–H and O–H groups in total. The summed E-state index contributed by atoms with van der Waals surface area (Å²) in [5.41, 5.74) is 13.3. The summed E-state index contributed by atoms with van der Waals surface area (Å²) in [7, 11) is 0. The van der Waals surface area contributed by atoms with Crippen LogP contribution in [-0.2, 0) is 0 Å². The lowest BCUT2D eigenvalue weighted by molar-refractivity contribution is 1.18. The van der Waals surface area contributed by atoms with Gasteiger partial charge in [0.05, 0.1) is 38.6 Å². The van der Waals surface area contributed by atoms with Crippen molar-refractivity contribution in [2.24, 2.45) is 0 Å². The zero-order valence-electron chi connectivity index (χ0n) is 26.6. The van der Waals surface area contributed by atoms with E-state index in [1.807, 2.05) is 0 Å². The molecule has 0 bridgehead atoms. The largest absolute Gasteiger partial charge is 0.309 e. The van der Waals surface area contributed by atoms with E-state index in [4.69, 9.17) is 0 Å². The third kappa shape index (κ3) is 3.67. The van der Waals surface area contributed by atoms with Gasteiger partial charge in [-0.1, -0.05) is 121 Å². The molecule has 0 atom stereocenters. The van der Waals surface area contributed by atoms with Crippen molar-refractivity contribution in [3.05, 3.63) is 176 Å². The highest BCUT2D eigenvalue weighted by molar-refractivity contribution is 6.19. The van der Waals surface area contributed by atoms with E-state index < -0.39 is 0 Å². The molecule has 0 fully saturated rings. The molecule has 0 spiro atoms. The van der Waals surface area contributed by atoms with E-state index >= 15 is 0 Å². The number of benzene rings is 7. The minimum Gasteiger partial charge on any atom is -0.309 e. The van der Waals surface area contributed by atoms with E-state index in [1.54, 1.807) is 0 Å². The van der Waals surface area contributed by atoms with Crippen molar-refractivity contribution in [1.29, 1.82) is 0 Å². The number of aromatic nitrogens is 3. The van der Waals surface area contributed by atoms with Gasteiger partial charge >= 0.3 is 0 Å². The molecule has 0 radical (unpaired) electrons. The van der Waals surface area contributed by atoms with Crippen molar-refractivity contribution in [2.45, 2.75) is 0 Å². The van der Waals surface area contributed by atoms with Crippen LogP contribution in [0.25, 0.3) is 93.4 Å². The van der Waals surface area contributed by atoms with Gasteiger partial charge in [0.15, 0.2) is 0 Å². The summed E-state index contributed by atoms with van der Waals surface area (Å²) >= 11 is 0. The summed E-state index contributed by atoms with van der Waals surface area (Å²) in [6.07, 6.45) is 0. The maximum atomic E-state index is 2.47. The first kappa shape index (κ1) is 26.5. The maximum Gasteiger partial charge on any atom is 0.0797 e. The fourth-order valence-corrected chi connectivity index (χ4v) is 8.30. The zero-order chi connectivity index (χ0) is 32.1. The van der Waals surface area contributed by atoms with E-state index in [-0.39, 0.29) is 0 Å². The van der Waals surface area contributed by atoms with Crippen molar-refractivity contribution in [3.63, 3.8) is 0 Å². The van der Waals surface area contributed by atoms with Gasteiger partial charge < -0.3 is 13.5 Å². The van der Waals surface area contributed by atoms with Crippen LogP contribution in [0.1, 0.15) is 0 Å². The second kappa shape index (κ2) is 9.96. The molecule has 4 aromatic heterocycles. The quantitative estimate of drug-likeness (QED) is 0.174. The third-order valence-corrected chi connectivity index (χ3v) is 10.4. The lowest BCUT2D eigenvalue weighted by Gasteiger charge is -2.11. The van der Waals surface area contributed by atoms with Gasteiger partial charge in [0.25, 0.3) is 0 Å². The highest BCUT2D eigenvalue weighted by Crippen LogP contribution is 2.40. The molecular weight excluding hydrogens is 595 g/mol. The monoisotopic (exact) mass is 623 g/mol. The van der Waals surface area contributed by atoms with Crippen molar-refractivity contribution < 1.29 is 0 Å². The maximum absolute atomic E-state index is 2.47. The Morgan fingerprint density at radius 3 is 1.16 bits per heavy atom. The molecule has 0 aliphatic rings. The number of para-hydroxylation sites is 4. The Morgan fingerprint density at radius 2 is 0.633 bits per heavy atom. The molecule has 7 aromatic carbocycles. The van der Waals surface area contributed by atoms with Gasteiger partial charge in [-0.2, -0.15) is 0 Å². The lowest BCUT2D eigenvalue weighted by atomic mass is 10.0. The minimum absolute atomic E-state index is 1.15. The molecule has 3 heteroatoms. The molecule has 11 rings (SSSR count). The first-order valence-electron chi connectivity index (χ1n) is 16.9. The SMILES string of the molecule is c1ccc2c(c1)c1ccccc1n1c2cc2c1c1ccccc1n2-c1ccc(-c2ccc(-n3c4ccccc4c4ccccc43)cc2)cc1. The predicted molar refractivity (Wildman–Crippen MR) is 207 cm³/mol. The van der Waals surface area contributed by atoms with E-state index in [0.717, 1.165) is 5.69 Å². The highest BCUT2D eigenvalue weighted by atomic mass is 15.0. The van der Waals surface area contributed by atoms with E-state index in [2.05, 4.69) is 189 Å². The Kier molecular flexibility index (Phi) is 5.38. The summed E-state index contributed by atoms with van der Waals surface area (Å²) in [6.45, 7) is 0. The minimum atomic E-state index is 1.15. The van der Waals surface area contributed by atoms with Crippen LogP contribution in [0.4, 0.5) is 0 Å². The van der Waals surface area contributed by atoms with E-state index in [9.17, 15) is 0 Å². The summed E-state index contributed by atoms with van der Waals surface area (Å²) in [6, 6.07) is 64.1. The van der Waals surface area contributed by atoms with Gasteiger partial charge in [0.2, 0.25) is 0 Å². The third-order valence-electron chi connectivity index (χ3n) is 10.4. The van der Waals surface area contributed by atoms with Gasteiger partial charge in [-0.3, -0.25) is 0 Å². The van der Waals surface area contributed by atoms with Crippen LogP contribution < -0.4 is 0 Å². The van der Waals surface area contributed by atoms with Gasteiger partial charge in [0.1, 0.15) is 0 Å². The van der Waals surface area contributed by atoms with Crippen LogP contribution in [0, 0.1) is 0 Å². The Hall–Kier alpha value is -6.58. The zero-order valence-corrected chi connectivity index (χ0v) is 26.6. The predicted octanol–water partition coefficient (Wildman–Crippen LogP) is 12.1. The average molecular weight is 624 g/mol. The summed E-state index contributed by atoms with van der Waals surface area (Å²) in [5.74, 6) is 0. The van der Waals surface area contributed by atoms with Crippen LogP contribution in [0.3, 0.4) is 0 Å². The van der Waals surface area contributed by atoms with Crippen LogP contribution in [0.15, 0.2) is 176 Å². The fourth-order valence-electron chi connectivity index (χ4n) is 8.30. The second-order valence-corrected chi connectivity index (χ2v) is 13.0. The van der Waals surface area contributed by atoms with Crippen LogP contribution in [0.2, 0.25) is 0 Å². The first-order chi connectivity index (χ1) is 24.3. The number of hydrogen-bond acceptors (Lipinski definition) is 0. The molecule has 3 nitrogen and oxygen atoms in total. The van der Waals surface area contributed by atoms with E-state index in [0.29, 0.717) is 0 Å². The normalized spacial score (nSPS) is 12.1. The standard InChI is InChI=1S/C46H29N3/c1-2-13-36-34(11-1)35-12-3-9-19-42(35)49-44(36)29-45-46(49)39-16-6-10-20-43(39)48(45)33-27-23-31(24-28-33)30-21-25-32(26-22-30)47-40-17-7-4-14-37(40)38-15-5-8-18-41(38)47/h1-29H. The Labute approximate surface area is 282 Å². The van der Waals surface area contributed by atoms with Crippen molar-refractivity contribution in [1.82, 2.24) is 13.5 Å². The molecular formula is C46H29N3. The molecule has 0 aliphatic heterocycles. The Balaban J connectivity index is 1.06. The molecule has 49 heavy (non-hydrogen) atoms. The Morgan fingerprint density at radius 1 is 0.265 bits per heavy atom. The first-order valence-corrected chi connectivity index (χ1v) is 16.9. The number of nitrogens with zero attached hydrogens (tertiary/aromatic N) is 3. The van der Waals surface area contributed by atoms with E-state index in [1.165, 1.54) is 87.7 Å². The second-order valence-electron chi connectivity index (χ2n) is 13.0. The number of rotatable bonds is 3. The fraction of sp³-hybridized carbons (Fsp3) is 0. The molecule has 11 aromatic rings. The van der Waals surface area contributed by atoms with Gasteiger partial charge in [-0.15, -0.1) is 0 Å². The molecule has 4 heterocycles. The molecule has 0 unspecified atom stereocenters. The lowest BCUT2D eigenvalue weighted by Crippen LogP contribution is -1.94. The smallest absolute Gasteiger partial charge is 0.0797 e. The van der Waals surface area contributed by atoms with Crippen molar-refractivity contribution in [2.75, 3.05) is 0 Å². The van der Waals surface area contributed by atoms with Crippen molar-refractivity contribution in [3.8, 4) is 22.5 Å². The molecule has 0 amide bonds. The highest BCUT2D eigenvalue weighted by Gasteiger charge is 2.20. The van der Waals surface area contributed by atoms with Crippen LogP contribution in [-0.4, -0.2) is 13.5 Å².